The molecule has 286 valence electrons. The minimum atomic E-state index is -1.28. The maximum atomic E-state index is 14.9. The first kappa shape index (κ1) is 39.8. The number of morpholine rings is 1. The van der Waals surface area contributed by atoms with Gasteiger partial charge in [-0.3, -0.25) is 10.6 Å². The highest BCUT2D eigenvalue weighted by molar-refractivity contribution is 14.1. The summed E-state index contributed by atoms with van der Waals surface area (Å²) in [6, 6.07) is 39.9. The molecule has 0 spiro atoms. The third-order valence-electron chi connectivity index (χ3n) is 9.12. The quantitative estimate of drug-likeness (QED) is 0.0398. The van der Waals surface area contributed by atoms with E-state index in [0.29, 0.717) is 10.7 Å². The summed E-state index contributed by atoms with van der Waals surface area (Å²) < 4.78 is 33.3. The Bertz CT molecular complexity index is 2120. The molecular weight excluding hydrogens is 826 g/mol. The highest BCUT2D eigenvalue weighted by atomic mass is 127. The second-order valence-electron chi connectivity index (χ2n) is 13.9. The van der Waals surface area contributed by atoms with E-state index < -0.39 is 35.4 Å². The van der Waals surface area contributed by atoms with Gasteiger partial charge in [-0.2, -0.15) is 0 Å². The van der Waals surface area contributed by atoms with E-state index in [0.717, 1.165) is 33.4 Å². The molecule has 56 heavy (non-hydrogen) atoms. The van der Waals surface area contributed by atoms with E-state index in [1.165, 1.54) is 28.3 Å². The average molecular weight is 867 g/mol. The molecule has 0 aromatic heterocycles. The van der Waals surface area contributed by atoms with Crippen LogP contribution in [0.5, 0.6) is 0 Å². The molecule has 1 aliphatic rings. The van der Waals surface area contributed by atoms with Crippen molar-refractivity contribution in [3.63, 3.8) is 0 Å². The molecule has 2 N–H and O–H groups in total. The highest BCUT2D eigenvalue weighted by Gasteiger charge is 2.36. The Hall–Kier alpha value is -5.86. The number of esters is 1. The van der Waals surface area contributed by atoms with Crippen molar-refractivity contribution in [2.45, 2.75) is 44.9 Å². The summed E-state index contributed by atoms with van der Waals surface area (Å²) in [6.07, 6.45) is -1.79. The fourth-order valence-electron chi connectivity index (χ4n) is 6.09. The van der Waals surface area contributed by atoms with Crippen LogP contribution in [0.4, 0.5) is 19.8 Å². The first-order chi connectivity index (χ1) is 26.8. The zero-order valence-corrected chi connectivity index (χ0v) is 33.3. The van der Waals surface area contributed by atoms with E-state index in [1.54, 1.807) is 27.7 Å². The summed E-state index contributed by atoms with van der Waals surface area (Å²) in [6.45, 7) is 6.79. The fourth-order valence-corrected chi connectivity index (χ4v) is 6.41. The van der Waals surface area contributed by atoms with Crippen molar-refractivity contribution >= 4 is 52.4 Å². The Balaban J connectivity index is 1.20. The Kier molecular flexibility index (Phi) is 12.3. The minimum Gasteiger partial charge on any atom is -0.438 e. The van der Waals surface area contributed by atoms with Crippen LogP contribution in [-0.2, 0) is 30.2 Å². The zero-order chi connectivity index (χ0) is 39.9. The van der Waals surface area contributed by atoms with Crippen LogP contribution in [0.3, 0.4) is 0 Å². The van der Waals surface area contributed by atoms with E-state index in [4.69, 9.17) is 14.2 Å². The van der Waals surface area contributed by atoms with Crippen molar-refractivity contribution in [1.82, 2.24) is 15.8 Å². The molecule has 2 amide bonds. The second kappa shape index (κ2) is 17.3. The lowest BCUT2D eigenvalue weighted by Crippen LogP contribution is -2.47. The summed E-state index contributed by atoms with van der Waals surface area (Å²) in [7, 11) is 0. The van der Waals surface area contributed by atoms with Crippen LogP contribution in [0.2, 0.25) is 0 Å². The lowest BCUT2D eigenvalue weighted by molar-refractivity contribution is -0.164. The summed E-state index contributed by atoms with van der Waals surface area (Å²) in [4.78, 5) is 43.9. The molecule has 0 radical (unpaired) electrons. The Morgan fingerprint density at radius 2 is 1.14 bits per heavy atom. The number of ether oxygens (including phenoxy) is 3. The summed E-state index contributed by atoms with van der Waals surface area (Å²) in [5.74, 6) is -0.850. The second-order valence-corrected chi connectivity index (χ2v) is 14.6. The van der Waals surface area contributed by atoms with E-state index in [2.05, 4.69) is 15.6 Å². The van der Waals surface area contributed by atoms with Gasteiger partial charge in [-0.25, -0.2) is 19.4 Å². The van der Waals surface area contributed by atoms with E-state index >= 15 is 0 Å². The van der Waals surface area contributed by atoms with Crippen LogP contribution in [0.15, 0.2) is 148 Å². The van der Waals surface area contributed by atoms with Gasteiger partial charge in [0, 0.05) is 4.08 Å². The zero-order valence-electron chi connectivity index (χ0n) is 31.2. The Morgan fingerprint density at radius 3 is 1.55 bits per heavy atom. The molecule has 1 saturated heterocycles. The number of guanidine groups is 1. The highest BCUT2D eigenvalue weighted by Crippen LogP contribution is 2.32. The van der Waals surface area contributed by atoms with Crippen LogP contribution in [0.25, 0.3) is 22.3 Å². The van der Waals surface area contributed by atoms with Crippen molar-refractivity contribution in [1.29, 1.82) is 0 Å². The van der Waals surface area contributed by atoms with Crippen molar-refractivity contribution < 1.29 is 33.1 Å². The topological polar surface area (TPSA) is 119 Å². The number of hydrogen-bond donors (Lipinski definition) is 2. The first-order valence-electron chi connectivity index (χ1n) is 17.8. The third-order valence-corrected chi connectivity index (χ3v) is 9.82. The molecular formula is C44H40FIN4O6. The normalized spacial score (nSPS) is 15.4. The van der Waals surface area contributed by atoms with Crippen LogP contribution < -0.4 is 10.6 Å². The van der Waals surface area contributed by atoms with Gasteiger partial charge in [-0.05, 0) is 101 Å². The van der Waals surface area contributed by atoms with E-state index in [9.17, 15) is 18.9 Å². The Morgan fingerprint density at radius 1 is 0.714 bits per heavy atom. The van der Waals surface area contributed by atoms with Crippen molar-refractivity contribution in [3.8, 4) is 22.3 Å². The smallest absolute Gasteiger partial charge is 0.414 e. The maximum absolute atomic E-state index is 14.9. The number of carbonyl (C=O) groups excluding carboxylic acids is 3. The molecule has 12 heteroatoms. The number of cyclic esters (lactones) is 1. The molecule has 10 nitrogen and oxygen atoms in total. The maximum Gasteiger partial charge on any atom is 0.414 e. The molecule has 1 fully saturated rings. The molecule has 5 aromatic carbocycles. The number of halogens is 2. The van der Waals surface area contributed by atoms with Gasteiger partial charge in [-0.15, -0.1) is 9.60 Å². The van der Waals surface area contributed by atoms with Gasteiger partial charge in [0.2, 0.25) is 5.96 Å². The molecule has 1 heterocycles. The largest absolute Gasteiger partial charge is 0.438 e. The summed E-state index contributed by atoms with van der Waals surface area (Å²) in [5.41, 5.74) is 4.01. The van der Waals surface area contributed by atoms with Gasteiger partial charge in [0.05, 0.1) is 12.2 Å². The number of hydrogen-bond acceptors (Lipinski definition) is 8. The van der Waals surface area contributed by atoms with Gasteiger partial charge in [-0.1, -0.05) is 121 Å². The Labute approximate surface area is 338 Å². The minimum absolute atomic E-state index is 0.192. The van der Waals surface area contributed by atoms with Gasteiger partial charge in [0.25, 0.3) is 0 Å². The fraction of sp³-hybridized carbons (Fsp3) is 0.182. The standard InChI is InChI=1S/C44H40FIN4O6/c1-43(2,34-21-15-31(16-22-34)29-11-7-5-8-12-29)55-41(52)48-40(47-36-25-19-33(20-26-36)38-39(51)54-37(27-46)28-50(38)45)49-42(53)56-44(3,4)35-23-17-32(18-24-35)30-13-9-6-10-14-30/h5-27,38H,28H2,1-4H3,(H2,47,48,49,52,53)/b37-27+. The number of nitrogens with one attached hydrogen (secondary N) is 2. The predicted molar refractivity (Wildman–Crippen MR) is 221 cm³/mol. The van der Waals surface area contributed by atoms with Gasteiger partial charge < -0.3 is 14.2 Å². The van der Waals surface area contributed by atoms with Crippen molar-refractivity contribution in [2.24, 2.45) is 4.99 Å². The average Bonchev–Trinajstić information content (AvgIpc) is 3.18. The monoisotopic (exact) mass is 866 g/mol. The molecule has 1 unspecified atom stereocenters. The number of aliphatic imine (C=N–C) groups is 1. The number of benzene rings is 5. The van der Waals surface area contributed by atoms with Crippen LogP contribution in [0, 0.1) is 0 Å². The number of alkyl carbamates (subject to hydrolysis) is 2. The van der Waals surface area contributed by atoms with Gasteiger partial charge in [0.1, 0.15) is 17.0 Å². The number of nitrogens with zero attached hydrogens (tertiary/aromatic N) is 2. The SMILES string of the molecule is CC(C)(OC(=O)NC(=Nc1ccc(C2C(=O)O/C(=C/I)CN2F)cc1)NC(=O)OC(C)(C)c1ccc(-c2ccccc2)cc1)c1ccc(-c2ccccc2)cc1. The third kappa shape index (κ3) is 9.86. The molecule has 0 aliphatic carbocycles. The molecule has 0 saturated carbocycles. The lowest BCUT2D eigenvalue weighted by Gasteiger charge is -2.28. The summed E-state index contributed by atoms with van der Waals surface area (Å²) in [5, 5.41) is 5.48. The molecule has 1 aliphatic heterocycles. The predicted octanol–water partition coefficient (Wildman–Crippen LogP) is 10.4. The van der Waals surface area contributed by atoms with Gasteiger partial charge in [0.15, 0.2) is 6.04 Å². The number of amides is 2. The number of carbonyl (C=O) groups is 3. The van der Waals surface area contributed by atoms with Crippen LogP contribution >= 0.6 is 22.6 Å². The molecule has 1 atom stereocenters. The van der Waals surface area contributed by atoms with Crippen LogP contribution in [-0.4, -0.2) is 35.8 Å². The first-order valence-corrected chi connectivity index (χ1v) is 19.0. The van der Waals surface area contributed by atoms with E-state index in [1.807, 2.05) is 132 Å². The lowest BCUT2D eigenvalue weighted by atomic mass is 9.95. The molecule has 0 bridgehead atoms. The van der Waals surface area contributed by atoms with Crippen molar-refractivity contribution in [3.05, 3.63) is 160 Å². The van der Waals surface area contributed by atoms with Crippen LogP contribution in [0.1, 0.15) is 50.4 Å². The van der Waals surface area contributed by atoms with E-state index in [-0.39, 0.29) is 24.0 Å². The summed E-state index contributed by atoms with van der Waals surface area (Å²) >= 11 is 1.88. The van der Waals surface area contributed by atoms with Gasteiger partial charge >= 0.3 is 18.2 Å². The molecule has 6 rings (SSSR count). The number of rotatable bonds is 8. The molecule has 5 aromatic rings. The van der Waals surface area contributed by atoms with Crippen molar-refractivity contribution in [2.75, 3.05) is 6.54 Å².